The van der Waals surface area contributed by atoms with E-state index in [9.17, 15) is 0 Å². The van der Waals surface area contributed by atoms with Gasteiger partial charge in [0.1, 0.15) is 13.4 Å². The van der Waals surface area contributed by atoms with E-state index >= 15 is 0 Å². The molecule has 0 aliphatic heterocycles. The molecule has 15 heavy (non-hydrogen) atoms. The lowest BCUT2D eigenvalue weighted by atomic mass is 10.0. The fraction of sp³-hybridized carbons (Fsp3) is 0.200. The molecular weight excluding hydrogens is 205 g/mol. The molecule has 0 fully saturated rings. The van der Waals surface area contributed by atoms with E-state index in [1.54, 1.807) is 0 Å². The molecule has 3 nitrogen and oxygen atoms in total. The van der Waals surface area contributed by atoms with Gasteiger partial charge in [0.05, 0.1) is 28.3 Å². The van der Waals surface area contributed by atoms with E-state index in [2.05, 4.69) is 28.4 Å². The number of rotatable bonds is 1. The van der Waals surface area contributed by atoms with Gasteiger partial charge in [-0.05, 0) is 17.3 Å². The first-order valence-electron chi connectivity index (χ1n) is 4.98. The minimum absolute atomic E-state index is 0.981. The van der Waals surface area contributed by atoms with Crippen LogP contribution in [-0.4, -0.2) is 22.4 Å². The van der Waals surface area contributed by atoms with Crippen molar-refractivity contribution in [1.29, 1.82) is 0 Å². The Morgan fingerprint density at radius 3 is 3.07 bits per heavy atom. The van der Waals surface area contributed by atoms with Crippen molar-refractivity contribution in [2.75, 3.05) is 0 Å². The Labute approximate surface area is 92.2 Å². The molecule has 0 radical (unpaired) electrons. The summed E-state index contributed by atoms with van der Waals surface area (Å²) in [6.07, 6.45) is 4.77. The van der Waals surface area contributed by atoms with Crippen molar-refractivity contribution in [3.8, 4) is 0 Å². The van der Waals surface area contributed by atoms with Crippen LogP contribution in [0.5, 0.6) is 0 Å². The minimum atomic E-state index is 0.981. The summed E-state index contributed by atoms with van der Waals surface area (Å²) in [4.78, 5) is 10.1. The summed E-state index contributed by atoms with van der Waals surface area (Å²) >= 11 is 1.82. The van der Waals surface area contributed by atoms with Crippen molar-refractivity contribution < 1.29 is 0 Å². The van der Waals surface area contributed by atoms with Gasteiger partial charge < -0.3 is 4.57 Å². The lowest BCUT2D eigenvalue weighted by molar-refractivity contribution is 0.951. The van der Waals surface area contributed by atoms with Crippen LogP contribution in [0.25, 0.3) is 21.3 Å². The van der Waals surface area contributed by atoms with Crippen LogP contribution in [0, 0.1) is 0 Å². The molecule has 0 unspecified atom stereocenters. The summed E-state index contributed by atoms with van der Waals surface area (Å²) in [5.74, 6) is 0. The zero-order valence-electron chi connectivity index (χ0n) is 8.69. The maximum atomic E-state index is 4.43. The van der Waals surface area contributed by atoms with Crippen molar-refractivity contribution in [3.05, 3.63) is 23.5 Å². The smallest absolute Gasteiger partial charge is 0.108 e. The van der Waals surface area contributed by atoms with Gasteiger partial charge in [0, 0.05) is 7.05 Å². The van der Waals surface area contributed by atoms with Gasteiger partial charge in [-0.3, -0.25) is 4.98 Å². The molecule has 0 atom stereocenters. The molecule has 5 heteroatoms. The molecule has 0 spiro atoms. The summed E-state index contributed by atoms with van der Waals surface area (Å²) in [5.41, 5.74) is 3.27. The average molecular weight is 215 g/mol. The zero-order valence-corrected chi connectivity index (χ0v) is 9.51. The number of pyridine rings is 1. The number of aryl methyl sites for hydroxylation is 1. The molecule has 3 rings (SSSR count). The molecule has 0 aliphatic carbocycles. The topological polar surface area (TPSA) is 30.7 Å². The SMILES string of the molecule is BCc1cc2ncc3ncn(C)c3c2s1. The number of thiophene rings is 1. The van der Waals surface area contributed by atoms with E-state index in [1.165, 1.54) is 15.1 Å². The number of fused-ring (bicyclic) bond motifs is 3. The van der Waals surface area contributed by atoms with Gasteiger partial charge in [0.25, 0.3) is 0 Å². The summed E-state index contributed by atoms with van der Waals surface area (Å²) in [6, 6.07) is 2.17. The molecule has 0 bridgehead atoms. The van der Waals surface area contributed by atoms with E-state index in [1.807, 2.05) is 30.9 Å². The van der Waals surface area contributed by atoms with E-state index < -0.39 is 0 Å². The van der Waals surface area contributed by atoms with Crippen molar-refractivity contribution in [3.63, 3.8) is 0 Å². The van der Waals surface area contributed by atoms with Gasteiger partial charge in [-0.15, -0.1) is 11.3 Å². The lowest BCUT2D eigenvalue weighted by Gasteiger charge is -1.94. The van der Waals surface area contributed by atoms with E-state index in [0.717, 1.165) is 17.4 Å². The van der Waals surface area contributed by atoms with Crippen LogP contribution in [0.3, 0.4) is 0 Å². The number of nitrogens with zero attached hydrogens (tertiary/aromatic N) is 3. The highest BCUT2D eigenvalue weighted by molar-refractivity contribution is 7.20. The van der Waals surface area contributed by atoms with Gasteiger partial charge in [-0.1, -0.05) is 0 Å². The first-order valence-corrected chi connectivity index (χ1v) is 5.79. The lowest BCUT2D eigenvalue weighted by Crippen LogP contribution is -1.84. The van der Waals surface area contributed by atoms with Crippen LogP contribution in [0.1, 0.15) is 4.88 Å². The largest absolute Gasteiger partial charge is 0.332 e. The van der Waals surface area contributed by atoms with Gasteiger partial charge in [0.2, 0.25) is 0 Å². The second kappa shape index (κ2) is 3.07. The van der Waals surface area contributed by atoms with Crippen LogP contribution in [0.15, 0.2) is 18.6 Å². The van der Waals surface area contributed by atoms with Crippen molar-refractivity contribution >= 4 is 40.4 Å². The van der Waals surface area contributed by atoms with E-state index in [0.29, 0.717) is 0 Å². The van der Waals surface area contributed by atoms with Crippen LogP contribution in [0.4, 0.5) is 0 Å². The normalized spacial score (nSPS) is 11.5. The molecular formula is C10H10BN3S. The highest BCUT2D eigenvalue weighted by atomic mass is 32.1. The Balaban J connectivity index is 2.51. The Bertz CT molecular complexity index is 640. The number of aromatic nitrogens is 3. The predicted octanol–water partition coefficient (Wildman–Crippen LogP) is 1.32. The summed E-state index contributed by atoms with van der Waals surface area (Å²) in [7, 11) is 4.20. The third-order valence-corrected chi connectivity index (χ3v) is 3.89. The summed E-state index contributed by atoms with van der Waals surface area (Å²) in [6.45, 7) is 0. The first kappa shape index (κ1) is 8.91. The summed E-state index contributed by atoms with van der Waals surface area (Å²) < 4.78 is 3.32. The number of hydrogen-bond acceptors (Lipinski definition) is 3. The van der Waals surface area contributed by atoms with Crippen molar-refractivity contribution in [2.24, 2.45) is 7.05 Å². The van der Waals surface area contributed by atoms with Gasteiger partial charge >= 0.3 is 0 Å². The third kappa shape index (κ3) is 1.19. The predicted molar refractivity (Wildman–Crippen MR) is 66.1 cm³/mol. The second-order valence-electron chi connectivity index (χ2n) is 3.63. The highest BCUT2D eigenvalue weighted by Crippen LogP contribution is 2.30. The Hall–Kier alpha value is -1.36. The fourth-order valence-corrected chi connectivity index (χ4v) is 2.96. The van der Waals surface area contributed by atoms with Crippen molar-refractivity contribution in [2.45, 2.75) is 6.32 Å². The Morgan fingerprint density at radius 2 is 2.27 bits per heavy atom. The standard InChI is InChI=1S/C10H10BN3S/c1-14-5-13-8-4-12-7-2-6(3-11)15-10(7)9(8)14/h2,4-5H,3,11H2,1H3. The third-order valence-electron chi connectivity index (χ3n) is 2.62. The minimum Gasteiger partial charge on any atom is -0.332 e. The molecule has 0 aliphatic rings. The number of hydrogen-bond donors (Lipinski definition) is 0. The molecule has 0 N–H and O–H groups in total. The van der Waals surface area contributed by atoms with Crippen molar-refractivity contribution in [1.82, 2.24) is 14.5 Å². The fourth-order valence-electron chi connectivity index (χ4n) is 1.82. The van der Waals surface area contributed by atoms with Crippen LogP contribution < -0.4 is 0 Å². The molecule has 74 valence electrons. The Kier molecular flexibility index (Phi) is 1.82. The first-order chi connectivity index (χ1) is 7.29. The Morgan fingerprint density at radius 1 is 1.40 bits per heavy atom. The molecule has 0 saturated carbocycles. The van der Waals surface area contributed by atoms with Gasteiger partial charge in [-0.25, -0.2) is 4.98 Å². The summed E-state index contributed by atoms with van der Waals surface area (Å²) in [5, 5.41) is 0. The van der Waals surface area contributed by atoms with Gasteiger partial charge in [0.15, 0.2) is 0 Å². The zero-order chi connectivity index (χ0) is 10.4. The van der Waals surface area contributed by atoms with Gasteiger partial charge in [-0.2, -0.15) is 0 Å². The van der Waals surface area contributed by atoms with Crippen LogP contribution in [0.2, 0.25) is 0 Å². The van der Waals surface area contributed by atoms with E-state index in [-0.39, 0.29) is 0 Å². The number of imidazole rings is 1. The molecule has 0 aromatic carbocycles. The van der Waals surface area contributed by atoms with E-state index in [4.69, 9.17) is 0 Å². The average Bonchev–Trinajstić information content (AvgIpc) is 2.81. The maximum Gasteiger partial charge on any atom is 0.108 e. The monoisotopic (exact) mass is 215 g/mol. The molecule has 3 aromatic rings. The van der Waals surface area contributed by atoms with Crippen LogP contribution >= 0.6 is 11.3 Å². The molecule has 0 saturated heterocycles. The molecule has 3 aromatic heterocycles. The highest BCUT2D eigenvalue weighted by Gasteiger charge is 2.09. The molecule has 0 amide bonds. The second-order valence-corrected chi connectivity index (χ2v) is 4.76. The van der Waals surface area contributed by atoms with Crippen LogP contribution in [-0.2, 0) is 13.4 Å². The molecule has 3 heterocycles. The quantitative estimate of drug-likeness (QED) is 0.573. The maximum absolute atomic E-state index is 4.43.